The van der Waals surface area contributed by atoms with Gasteiger partial charge in [0.2, 0.25) is 5.91 Å². The number of pyridine rings is 1. The number of carbonyl (C=O) groups excluding carboxylic acids is 1. The van der Waals surface area contributed by atoms with Gasteiger partial charge in [-0.1, -0.05) is 6.07 Å². The van der Waals surface area contributed by atoms with Crippen molar-refractivity contribution in [3.8, 4) is 0 Å². The average Bonchev–Trinajstić information content (AvgIpc) is 3.10. The predicted octanol–water partition coefficient (Wildman–Crippen LogP) is 0.980. The van der Waals surface area contributed by atoms with Crippen LogP contribution in [-0.2, 0) is 9.59 Å². The predicted molar refractivity (Wildman–Crippen MR) is 60.0 cm³/mol. The average molecular weight is 234 g/mol. The summed E-state index contributed by atoms with van der Waals surface area (Å²) in [7, 11) is 0. The van der Waals surface area contributed by atoms with Crippen molar-refractivity contribution >= 4 is 11.9 Å². The Morgan fingerprint density at radius 2 is 2.29 bits per heavy atom. The third-order valence-corrected chi connectivity index (χ3v) is 2.99. The van der Waals surface area contributed by atoms with Crippen molar-refractivity contribution < 1.29 is 14.7 Å². The van der Waals surface area contributed by atoms with Crippen molar-refractivity contribution in [1.29, 1.82) is 0 Å². The second kappa shape index (κ2) is 4.53. The Kier molecular flexibility index (Phi) is 3.08. The summed E-state index contributed by atoms with van der Waals surface area (Å²) in [6.45, 7) is 1.85. The van der Waals surface area contributed by atoms with Gasteiger partial charge in [-0.05, 0) is 25.0 Å². The number of carboxylic acids is 1. The molecule has 2 rings (SSSR count). The smallest absolute Gasteiger partial charge is 0.307 e. The Hall–Kier alpha value is -1.91. The molecular formula is C12H14N2O3. The zero-order valence-corrected chi connectivity index (χ0v) is 9.46. The van der Waals surface area contributed by atoms with E-state index in [-0.39, 0.29) is 17.9 Å². The highest BCUT2D eigenvalue weighted by Gasteiger charge is 2.48. The summed E-state index contributed by atoms with van der Waals surface area (Å²) < 4.78 is 0. The number of aliphatic carboxylic acids is 1. The molecule has 0 radical (unpaired) electrons. The zero-order valence-electron chi connectivity index (χ0n) is 9.46. The molecule has 0 bridgehead atoms. The van der Waals surface area contributed by atoms with Gasteiger partial charge in [0.15, 0.2) is 0 Å². The molecule has 0 unspecified atom stereocenters. The molecule has 0 aliphatic heterocycles. The van der Waals surface area contributed by atoms with E-state index in [1.54, 1.807) is 18.5 Å². The summed E-state index contributed by atoms with van der Waals surface area (Å²) in [4.78, 5) is 26.3. The summed E-state index contributed by atoms with van der Waals surface area (Å²) in [5, 5.41) is 11.5. The monoisotopic (exact) mass is 234 g/mol. The summed E-state index contributed by atoms with van der Waals surface area (Å²) in [5.41, 5.74) is 0.911. The Morgan fingerprint density at radius 1 is 1.53 bits per heavy atom. The van der Waals surface area contributed by atoms with E-state index in [1.807, 2.05) is 13.0 Å². The number of nitrogens with zero attached hydrogens (tertiary/aromatic N) is 1. The highest BCUT2D eigenvalue weighted by Crippen LogP contribution is 2.39. The molecule has 1 aromatic heterocycles. The minimum atomic E-state index is -0.890. The van der Waals surface area contributed by atoms with Crippen LogP contribution in [-0.4, -0.2) is 22.0 Å². The van der Waals surface area contributed by atoms with Crippen LogP contribution in [0.5, 0.6) is 0 Å². The SMILES string of the molecule is C[C@H](NC(=O)[C@H]1C[C@@H]1C(=O)O)c1cccnc1. The molecule has 1 fully saturated rings. The van der Waals surface area contributed by atoms with Crippen LogP contribution < -0.4 is 5.32 Å². The Bertz CT molecular complexity index is 433. The van der Waals surface area contributed by atoms with Gasteiger partial charge in [-0.25, -0.2) is 0 Å². The maximum absolute atomic E-state index is 11.7. The third-order valence-electron chi connectivity index (χ3n) is 2.99. The van der Waals surface area contributed by atoms with E-state index in [2.05, 4.69) is 10.3 Å². The molecule has 90 valence electrons. The Labute approximate surface area is 98.9 Å². The maximum Gasteiger partial charge on any atom is 0.307 e. The van der Waals surface area contributed by atoms with E-state index >= 15 is 0 Å². The molecule has 2 N–H and O–H groups in total. The van der Waals surface area contributed by atoms with Crippen molar-refractivity contribution in [2.45, 2.75) is 19.4 Å². The first kappa shape index (κ1) is 11.6. The van der Waals surface area contributed by atoms with Gasteiger partial charge in [0.25, 0.3) is 0 Å². The molecule has 1 aromatic rings. The second-order valence-corrected chi connectivity index (χ2v) is 4.30. The lowest BCUT2D eigenvalue weighted by atomic mass is 10.1. The lowest BCUT2D eigenvalue weighted by Gasteiger charge is -2.13. The van der Waals surface area contributed by atoms with Crippen molar-refractivity contribution in [1.82, 2.24) is 10.3 Å². The fourth-order valence-electron chi connectivity index (χ4n) is 1.79. The number of amides is 1. The number of nitrogens with one attached hydrogen (secondary N) is 1. The molecule has 1 saturated carbocycles. The van der Waals surface area contributed by atoms with Gasteiger partial charge in [-0.15, -0.1) is 0 Å². The van der Waals surface area contributed by atoms with Crippen LogP contribution in [0.4, 0.5) is 0 Å². The van der Waals surface area contributed by atoms with E-state index in [9.17, 15) is 9.59 Å². The minimum Gasteiger partial charge on any atom is -0.481 e. The number of rotatable bonds is 4. The maximum atomic E-state index is 11.7. The van der Waals surface area contributed by atoms with Crippen LogP contribution in [0.25, 0.3) is 0 Å². The third kappa shape index (κ3) is 2.61. The fourth-order valence-corrected chi connectivity index (χ4v) is 1.79. The summed E-state index contributed by atoms with van der Waals surface area (Å²) >= 11 is 0. The fraction of sp³-hybridized carbons (Fsp3) is 0.417. The van der Waals surface area contributed by atoms with Gasteiger partial charge in [0, 0.05) is 12.4 Å². The molecule has 5 nitrogen and oxygen atoms in total. The summed E-state index contributed by atoms with van der Waals surface area (Å²) in [5.74, 6) is -1.95. The van der Waals surface area contributed by atoms with Crippen molar-refractivity contribution in [3.63, 3.8) is 0 Å². The molecule has 0 saturated heterocycles. The first-order chi connectivity index (χ1) is 8.09. The number of hydrogen-bond donors (Lipinski definition) is 2. The normalized spacial score (nSPS) is 23.8. The highest BCUT2D eigenvalue weighted by atomic mass is 16.4. The molecule has 1 aliphatic rings. The number of carbonyl (C=O) groups is 2. The topological polar surface area (TPSA) is 79.3 Å². The standard InChI is InChI=1S/C12H14N2O3/c1-7(8-3-2-4-13-6-8)14-11(15)9-5-10(9)12(16)17/h2-4,6-7,9-10H,5H2,1H3,(H,14,15)(H,16,17)/t7-,9-,10-/m0/s1. The molecule has 1 aliphatic carbocycles. The quantitative estimate of drug-likeness (QED) is 0.813. The zero-order chi connectivity index (χ0) is 12.4. The van der Waals surface area contributed by atoms with Gasteiger partial charge in [-0.2, -0.15) is 0 Å². The highest BCUT2D eigenvalue weighted by molar-refractivity contribution is 5.89. The van der Waals surface area contributed by atoms with E-state index in [0.717, 1.165) is 5.56 Å². The van der Waals surface area contributed by atoms with E-state index in [0.29, 0.717) is 6.42 Å². The summed E-state index contributed by atoms with van der Waals surface area (Å²) in [6.07, 6.45) is 3.80. The molecule has 3 atom stereocenters. The molecule has 0 spiro atoms. The number of aromatic nitrogens is 1. The van der Waals surface area contributed by atoms with Gasteiger partial charge >= 0.3 is 5.97 Å². The van der Waals surface area contributed by atoms with Crippen LogP contribution in [0, 0.1) is 11.8 Å². The first-order valence-electron chi connectivity index (χ1n) is 5.52. The molecule has 1 heterocycles. The van der Waals surface area contributed by atoms with Crippen LogP contribution >= 0.6 is 0 Å². The largest absolute Gasteiger partial charge is 0.481 e. The van der Waals surface area contributed by atoms with Gasteiger partial charge < -0.3 is 10.4 Å². The van der Waals surface area contributed by atoms with Gasteiger partial charge in [0.05, 0.1) is 17.9 Å². The molecule has 0 aromatic carbocycles. The number of carboxylic acid groups (broad SMARTS) is 1. The molecule has 5 heteroatoms. The summed E-state index contributed by atoms with van der Waals surface area (Å²) in [6, 6.07) is 3.53. The molecular weight excluding hydrogens is 220 g/mol. The molecule has 1 amide bonds. The lowest BCUT2D eigenvalue weighted by molar-refractivity contribution is -0.140. The Balaban J connectivity index is 1.90. The van der Waals surface area contributed by atoms with Crippen molar-refractivity contribution in [2.24, 2.45) is 11.8 Å². The Morgan fingerprint density at radius 3 is 2.82 bits per heavy atom. The van der Waals surface area contributed by atoms with Crippen LogP contribution in [0.3, 0.4) is 0 Å². The number of hydrogen-bond acceptors (Lipinski definition) is 3. The van der Waals surface area contributed by atoms with Crippen LogP contribution in [0.2, 0.25) is 0 Å². The second-order valence-electron chi connectivity index (χ2n) is 4.30. The van der Waals surface area contributed by atoms with Crippen molar-refractivity contribution in [2.75, 3.05) is 0 Å². The molecule has 17 heavy (non-hydrogen) atoms. The van der Waals surface area contributed by atoms with E-state index < -0.39 is 11.9 Å². The lowest BCUT2D eigenvalue weighted by Crippen LogP contribution is -2.29. The first-order valence-corrected chi connectivity index (χ1v) is 5.52. The van der Waals surface area contributed by atoms with E-state index in [4.69, 9.17) is 5.11 Å². The van der Waals surface area contributed by atoms with Crippen LogP contribution in [0.15, 0.2) is 24.5 Å². The minimum absolute atomic E-state index is 0.147. The van der Waals surface area contributed by atoms with E-state index in [1.165, 1.54) is 0 Å². The van der Waals surface area contributed by atoms with Crippen molar-refractivity contribution in [3.05, 3.63) is 30.1 Å². The van der Waals surface area contributed by atoms with Gasteiger partial charge in [-0.3, -0.25) is 14.6 Å². The van der Waals surface area contributed by atoms with Gasteiger partial charge in [0.1, 0.15) is 0 Å². The van der Waals surface area contributed by atoms with Crippen LogP contribution in [0.1, 0.15) is 24.9 Å².